The van der Waals surface area contributed by atoms with Crippen LogP contribution in [0.3, 0.4) is 0 Å². The lowest BCUT2D eigenvalue weighted by Gasteiger charge is -2.35. The molecule has 1 aromatic carbocycles. The molecule has 1 fully saturated rings. The second kappa shape index (κ2) is 7.79. The van der Waals surface area contributed by atoms with Gasteiger partial charge in [0, 0.05) is 52.5 Å². The summed E-state index contributed by atoms with van der Waals surface area (Å²) >= 11 is 0. The highest BCUT2D eigenvalue weighted by Crippen LogP contribution is 2.19. The van der Waals surface area contributed by atoms with Gasteiger partial charge >= 0.3 is 0 Å². The highest BCUT2D eigenvalue weighted by molar-refractivity contribution is 5.81. The van der Waals surface area contributed by atoms with Crippen LogP contribution in [0, 0.1) is 6.92 Å². The molecule has 1 heterocycles. The van der Waals surface area contributed by atoms with Gasteiger partial charge in [-0.3, -0.25) is 9.69 Å². The minimum absolute atomic E-state index is 0.0640. The molecule has 1 amide bonds. The molecule has 1 N–H and O–H groups in total. The molecule has 1 aliphatic rings. The van der Waals surface area contributed by atoms with Gasteiger partial charge < -0.3 is 15.1 Å². The van der Waals surface area contributed by atoms with E-state index in [2.05, 4.69) is 52.2 Å². The summed E-state index contributed by atoms with van der Waals surface area (Å²) in [5, 5.41) is 3.08. The summed E-state index contributed by atoms with van der Waals surface area (Å²) in [4.78, 5) is 19.0. The molecule has 0 aromatic heterocycles. The fourth-order valence-corrected chi connectivity index (χ4v) is 3.04. The van der Waals surface area contributed by atoms with E-state index in [1.165, 1.54) is 11.3 Å². The van der Waals surface area contributed by atoms with E-state index in [9.17, 15) is 4.79 Å². The van der Waals surface area contributed by atoms with E-state index in [1.54, 1.807) is 0 Å². The van der Waals surface area contributed by atoms with Crippen molar-refractivity contribution in [2.75, 3.05) is 52.2 Å². The number of benzene rings is 1. The number of rotatable bonds is 5. The van der Waals surface area contributed by atoms with Gasteiger partial charge in [0.1, 0.15) is 0 Å². The van der Waals surface area contributed by atoms with Crippen LogP contribution < -0.4 is 10.2 Å². The number of hydrogen-bond acceptors (Lipinski definition) is 4. The van der Waals surface area contributed by atoms with Crippen molar-refractivity contribution in [1.29, 1.82) is 0 Å². The number of hydrogen-bond donors (Lipinski definition) is 1. The van der Waals surface area contributed by atoms with Crippen LogP contribution in [0.5, 0.6) is 0 Å². The maximum Gasteiger partial charge on any atom is 0.237 e. The lowest BCUT2D eigenvalue weighted by molar-refractivity contribution is -0.126. The van der Waals surface area contributed by atoms with Gasteiger partial charge in [-0.05, 0) is 38.1 Å². The van der Waals surface area contributed by atoms with Crippen molar-refractivity contribution in [1.82, 2.24) is 15.1 Å². The molecule has 0 spiro atoms. The van der Waals surface area contributed by atoms with Crippen molar-refractivity contribution in [2.24, 2.45) is 0 Å². The Balaban J connectivity index is 1.87. The predicted molar refractivity (Wildman–Crippen MR) is 95.9 cm³/mol. The molecule has 1 saturated heterocycles. The average molecular weight is 318 g/mol. The molecule has 5 heteroatoms. The summed E-state index contributed by atoms with van der Waals surface area (Å²) in [6, 6.07) is 6.28. The third kappa shape index (κ3) is 4.69. The smallest absolute Gasteiger partial charge is 0.237 e. The zero-order valence-electron chi connectivity index (χ0n) is 15.1. The summed E-state index contributed by atoms with van der Waals surface area (Å²) < 4.78 is 0. The number of anilines is 1. The summed E-state index contributed by atoms with van der Waals surface area (Å²) in [6.45, 7) is 8.68. The SMILES string of the molecule is Cc1cc(CNC(=O)[C@@H](C)N2CCN(C)CC2)ccc1N(C)C. The number of carbonyl (C=O) groups is 1. The number of nitrogens with zero attached hydrogens (tertiary/aromatic N) is 3. The molecule has 0 saturated carbocycles. The first-order valence-corrected chi connectivity index (χ1v) is 8.35. The van der Waals surface area contributed by atoms with Crippen LogP contribution in [0.4, 0.5) is 5.69 Å². The lowest BCUT2D eigenvalue weighted by atomic mass is 10.1. The first-order valence-electron chi connectivity index (χ1n) is 8.35. The summed E-state index contributed by atoms with van der Waals surface area (Å²) in [5.41, 5.74) is 3.59. The number of piperazine rings is 1. The van der Waals surface area contributed by atoms with Crippen molar-refractivity contribution < 1.29 is 4.79 Å². The highest BCUT2D eigenvalue weighted by atomic mass is 16.2. The zero-order valence-corrected chi connectivity index (χ0v) is 15.1. The van der Waals surface area contributed by atoms with Gasteiger partial charge in [0.25, 0.3) is 0 Å². The quantitative estimate of drug-likeness (QED) is 0.888. The third-order valence-corrected chi connectivity index (χ3v) is 4.67. The third-order valence-electron chi connectivity index (χ3n) is 4.67. The first-order chi connectivity index (χ1) is 10.9. The van der Waals surface area contributed by atoms with Crippen LogP contribution in [0.15, 0.2) is 18.2 Å². The Bertz CT molecular complexity index is 536. The van der Waals surface area contributed by atoms with Gasteiger partial charge in [-0.2, -0.15) is 0 Å². The lowest BCUT2D eigenvalue weighted by Crippen LogP contribution is -2.52. The molecule has 0 radical (unpaired) electrons. The largest absolute Gasteiger partial charge is 0.377 e. The molecule has 5 nitrogen and oxygen atoms in total. The van der Waals surface area contributed by atoms with Crippen LogP contribution in [0.1, 0.15) is 18.1 Å². The summed E-state index contributed by atoms with van der Waals surface area (Å²) in [5.74, 6) is 0.115. The highest BCUT2D eigenvalue weighted by Gasteiger charge is 2.24. The van der Waals surface area contributed by atoms with Crippen LogP contribution in [0.25, 0.3) is 0 Å². The Morgan fingerprint density at radius 2 is 1.91 bits per heavy atom. The fourth-order valence-electron chi connectivity index (χ4n) is 3.04. The number of aryl methyl sites for hydroxylation is 1. The van der Waals surface area contributed by atoms with Crippen LogP contribution in [-0.2, 0) is 11.3 Å². The van der Waals surface area contributed by atoms with Crippen molar-refractivity contribution in [3.05, 3.63) is 29.3 Å². The molecule has 1 aliphatic heterocycles. The normalized spacial score (nSPS) is 17.8. The van der Waals surface area contributed by atoms with Gasteiger partial charge in [0.05, 0.1) is 6.04 Å². The minimum atomic E-state index is -0.0640. The van der Waals surface area contributed by atoms with E-state index in [-0.39, 0.29) is 11.9 Å². The maximum absolute atomic E-state index is 12.4. The minimum Gasteiger partial charge on any atom is -0.377 e. The van der Waals surface area contributed by atoms with Gasteiger partial charge in [0.15, 0.2) is 0 Å². The monoisotopic (exact) mass is 318 g/mol. The summed E-state index contributed by atoms with van der Waals surface area (Å²) in [7, 11) is 6.21. The molecule has 0 bridgehead atoms. The van der Waals surface area contributed by atoms with Gasteiger partial charge in [0.2, 0.25) is 5.91 Å². The standard InChI is InChI=1S/C18H30N4O/c1-14-12-16(6-7-17(14)20(3)4)13-19-18(23)15(2)22-10-8-21(5)9-11-22/h6-7,12,15H,8-11,13H2,1-5H3,(H,19,23)/t15-/m1/s1. The van der Waals surface area contributed by atoms with Crippen molar-refractivity contribution >= 4 is 11.6 Å². The predicted octanol–water partition coefficient (Wildman–Crippen LogP) is 1.31. The van der Waals surface area contributed by atoms with E-state index < -0.39 is 0 Å². The Morgan fingerprint density at radius 1 is 1.26 bits per heavy atom. The first kappa shape index (κ1) is 17.8. The van der Waals surface area contributed by atoms with Crippen LogP contribution in [0.2, 0.25) is 0 Å². The average Bonchev–Trinajstić information content (AvgIpc) is 2.52. The topological polar surface area (TPSA) is 38.8 Å². The van der Waals surface area contributed by atoms with Crippen molar-refractivity contribution in [3.8, 4) is 0 Å². The number of nitrogens with one attached hydrogen (secondary N) is 1. The van der Waals surface area contributed by atoms with Crippen molar-refractivity contribution in [2.45, 2.75) is 26.4 Å². The van der Waals surface area contributed by atoms with E-state index >= 15 is 0 Å². The number of likely N-dealkylation sites (N-methyl/N-ethyl adjacent to an activating group) is 1. The molecule has 128 valence electrons. The molecule has 1 aromatic rings. The zero-order chi connectivity index (χ0) is 17.0. The Kier molecular flexibility index (Phi) is 6.02. The second-order valence-corrected chi connectivity index (χ2v) is 6.75. The molecule has 1 atom stereocenters. The molecular weight excluding hydrogens is 288 g/mol. The molecule has 2 rings (SSSR count). The van der Waals surface area contributed by atoms with E-state index in [1.807, 2.05) is 21.0 Å². The Morgan fingerprint density at radius 3 is 2.48 bits per heavy atom. The Hall–Kier alpha value is -1.59. The van der Waals surface area contributed by atoms with Gasteiger partial charge in [-0.1, -0.05) is 12.1 Å². The number of amides is 1. The maximum atomic E-state index is 12.4. The van der Waals surface area contributed by atoms with Gasteiger partial charge in [-0.25, -0.2) is 0 Å². The van der Waals surface area contributed by atoms with E-state index in [0.717, 1.165) is 31.7 Å². The number of carbonyl (C=O) groups excluding carboxylic acids is 1. The fraction of sp³-hybridized carbons (Fsp3) is 0.611. The van der Waals surface area contributed by atoms with E-state index in [0.29, 0.717) is 6.54 Å². The molecular formula is C18H30N4O. The van der Waals surface area contributed by atoms with Gasteiger partial charge in [-0.15, -0.1) is 0 Å². The van der Waals surface area contributed by atoms with Crippen molar-refractivity contribution in [3.63, 3.8) is 0 Å². The van der Waals surface area contributed by atoms with E-state index in [4.69, 9.17) is 0 Å². The second-order valence-electron chi connectivity index (χ2n) is 6.75. The summed E-state index contributed by atoms with van der Waals surface area (Å²) in [6.07, 6.45) is 0. The van der Waals surface area contributed by atoms with Crippen LogP contribution >= 0.6 is 0 Å². The molecule has 0 unspecified atom stereocenters. The molecule has 23 heavy (non-hydrogen) atoms. The van der Waals surface area contributed by atoms with Crippen LogP contribution in [-0.4, -0.2) is 69.1 Å². The molecule has 0 aliphatic carbocycles. The Labute approximate surface area is 140 Å².